The van der Waals surface area contributed by atoms with Crippen molar-refractivity contribution < 1.29 is 9.59 Å². The van der Waals surface area contributed by atoms with E-state index in [1.54, 1.807) is 12.1 Å². The molecule has 4 nitrogen and oxygen atoms in total. The molecule has 0 fully saturated rings. The van der Waals surface area contributed by atoms with Gasteiger partial charge in [-0.25, -0.2) is 0 Å². The number of carbonyl (C=O) groups excluding carboxylic acids is 2. The van der Waals surface area contributed by atoms with Crippen molar-refractivity contribution in [3.8, 4) is 0 Å². The van der Waals surface area contributed by atoms with Crippen LogP contribution in [-0.2, 0) is 11.3 Å². The number of hydrogen-bond acceptors (Lipinski definition) is 2. The summed E-state index contributed by atoms with van der Waals surface area (Å²) in [6, 6.07) is 23.0. The van der Waals surface area contributed by atoms with E-state index >= 15 is 0 Å². The monoisotopic (exact) mass is 358 g/mol. The second-order valence-electron chi connectivity index (χ2n) is 6.47. The van der Waals surface area contributed by atoms with E-state index < -0.39 is 0 Å². The van der Waals surface area contributed by atoms with E-state index in [1.165, 1.54) is 0 Å². The molecule has 1 heterocycles. The molecule has 1 aromatic heterocycles. The zero-order chi connectivity index (χ0) is 19.1. The summed E-state index contributed by atoms with van der Waals surface area (Å²) in [5.74, 6) is -0.327. The largest absolute Gasteiger partial charge is 0.329 e. The fourth-order valence-electron chi connectivity index (χ4n) is 2.77. The van der Waals surface area contributed by atoms with Crippen LogP contribution < -0.4 is 5.49 Å². The van der Waals surface area contributed by atoms with E-state index in [0.29, 0.717) is 17.6 Å². The highest BCUT2D eigenvalue weighted by molar-refractivity contribution is 5.98. The van der Waals surface area contributed by atoms with E-state index in [4.69, 9.17) is 0 Å². The van der Waals surface area contributed by atoms with Gasteiger partial charge in [0.1, 0.15) is 5.49 Å². The minimum atomic E-state index is -0.288. The lowest BCUT2D eigenvalue weighted by Gasteiger charge is -2.07. The maximum Gasteiger partial charge on any atom is 0.248 e. The predicted octanol–water partition coefficient (Wildman–Crippen LogP) is 3.94. The topological polar surface area (TPSA) is 51.4 Å². The van der Waals surface area contributed by atoms with Crippen LogP contribution >= 0.6 is 0 Å². The van der Waals surface area contributed by atoms with Crippen molar-refractivity contribution in [2.45, 2.75) is 26.3 Å². The number of hydrogen-bond donors (Lipinski definition) is 0. The molecule has 0 spiro atoms. The Hall–Kier alpha value is -3.27. The first-order chi connectivity index (χ1) is 13.1. The molecule has 0 atom stereocenters. The fraction of sp³-hybridized carbons (Fsp3) is 0.174. The van der Waals surface area contributed by atoms with E-state index in [9.17, 15) is 9.59 Å². The Balaban J connectivity index is 1.68. The van der Waals surface area contributed by atoms with Crippen LogP contribution in [0, 0.1) is 6.92 Å². The highest BCUT2D eigenvalue weighted by Gasteiger charge is 2.09. The van der Waals surface area contributed by atoms with Gasteiger partial charge in [0.05, 0.1) is 0 Å². The van der Waals surface area contributed by atoms with E-state index in [2.05, 4.69) is 4.99 Å². The smallest absolute Gasteiger partial charge is 0.248 e. The number of pyridine rings is 1. The van der Waals surface area contributed by atoms with Crippen LogP contribution in [0.2, 0.25) is 0 Å². The van der Waals surface area contributed by atoms with Crippen LogP contribution in [-0.4, -0.2) is 16.3 Å². The van der Waals surface area contributed by atoms with E-state index in [1.807, 2.05) is 78.4 Å². The summed E-state index contributed by atoms with van der Waals surface area (Å²) >= 11 is 0. The Morgan fingerprint density at radius 1 is 0.852 bits per heavy atom. The molecule has 0 radical (unpaired) electrons. The first-order valence-corrected chi connectivity index (χ1v) is 8.98. The molecule has 1 amide bonds. The predicted molar refractivity (Wildman–Crippen MR) is 105 cm³/mol. The maximum atomic E-state index is 12.3. The lowest BCUT2D eigenvalue weighted by molar-refractivity contribution is -0.118. The van der Waals surface area contributed by atoms with Crippen molar-refractivity contribution in [3.05, 3.63) is 101 Å². The van der Waals surface area contributed by atoms with Crippen LogP contribution in [0.4, 0.5) is 0 Å². The molecule has 2 aromatic carbocycles. The summed E-state index contributed by atoms with van der Waals surface area (Å²) in [4.78, 5) is 28.7. The molecule has 0 bridgehead atoms. The van der Waals surface area contributed by atoms with Crippen LogP contribution in [0.3, 0.4) is 0 Å². The van der Waals surface area contributed by atoms with Gasteiger partial charge in [0.15, 0.2) is 5.78 Å². The third-order valence-corrected chi connectivity index (χ3v) is 4.29. The van der Waals surface area contributed by atoms with E-state index in [0.717, 1.165) is 11.1 Å². The molecule has 0 N–H and O–H groups in total. The average molecular weight is 358 g/mol. The summed E-state index contributed by atoms with van der Waals surface area (Å²) in [5, 5.41) is 0. The highest BCUT2D eigenvalue weighted by Crippen LogP contribution is 2.08. The van der Waals surface area contributed by atoms with Gasteiger partial charge in [0.25, 0.3) is 0 Å². The molecule has 0 aliphatic carbocycles. The molecule has 3 aromatic rings. The van der Waals surface area contributed by atoms with Gasteiger partial charge in [-0.2, -0.15) is 4.99 Å². The van der Waals surface area contributed by atoms with Gasteiger partial charge in [0, 0.05) is 31.1 Å². The Labute approximate surface area is 158 Å². The third kappa shape index (κ3) is 5.35. The molecular weight excluding hydrogens is 336 g/mol. The molecule has 4 heteroatoms. The molecule has 0 aliphatic heterocycles. The number of amides is 1. The van der Waals surface area contributed by atoms with Gasteiger partial charge in [0.2, 0.25) is 5.91 Å². The first kappa shape index (κ1) is 18.5. The number of ketones is 1. The molecule has 136 valence electrons. The number of aromatic nitrogens is 1. The zero-order valence-electron chi connectivity index (χ0n) is 15.3. The second kappa shape index (κ2) is 8.90. The van der Waals surface area contributed by atoms with Crippen LogP contribution in [0.25, 0.3) is 0 Å². The standard InChI is InChI=1S/C23H22N2O2/c1-18-10-12-20(13-11-18)21(26)14-15-23(27)24-22-9-5-6-16-25(22)17-19-7-3-2-4-8-19/h2-13,16H,14-15,17H2,1H3. The van der Waals surface area contributed by atoms with Crippen molar-refractivity contribution in [1.82, 2.24) is 4.57 Å². The van der Waals surface area contributed by atoms with Crippen molar-refractivity contribution in [2.75, 3.05) is 0 Å². The van der Waals surface area contributed by atoms with Gasteiger partial charge in [-0.3, -0.25) is 9.59 Å². The minimum absolute atomic E-state index is 0.0382. The summed E-state index contributed by atoms with van der Waals surface area (Å²) < 4.78 is 1.93. The summed E-state index contributed by atoms with van der Waals surface area (Å²) in [5.41, 5.74) is 3.46. The minimum Gasteiger partial charge on any atom is -0.329 e. The maximum absolute atomic E-state index is 12.3. The van der Waals surface area contributed by atoms with Gasteiger partial charge in [-0.05, 0) is 24.6 Å². The molecule has 0 aliphatic rings. The van der Waals surface area contributed by atoms with Gasteiger partial charge < -0.3 is 4.57 Å². The number of rotatable bonds is 6. The summed E-state index contributed by atoms with van der Waals surface area (Å²) in [6.07, 6.45) is 2.17. The molecular formula is C23H22N2O2. The number of nitrogens with zero attached hydrogens (tertiary/aromatic N) is 2. The normalized spacial score (nSPS) is 11.4. The molecule has 0 unspecified atom stereocenters. The Morgan fingerprint density at radius 3 is 2.30 bits per heavy atom. The Morgan fingerprint density at radius 2 is 1.56 bits per heavy atom. The zero-order valence-corrected chi connectivity index (χ0v) is 15.3. The SMILES string of the molecule is Cc1ccc(C(=O)CCC(=O)N=c2ccccn2Cc2ccccc2)cc1. The number of benzene rings is 2. The second-order valence-corrected chi connectivity index (χ2v) is 6.47. The Bertz CT molecular complexity index is 987. The Kier molecular flexibility index (Phi) is 6.10. The lowest BCUT2D eigenvalue weighted by Crippen LogP contribution is -2.22. The fourth-order valence-corrected chi connectivity index (χ4v) is 2.77. The van der Waals surface area contributed by atoms with Gasteiger partial charge in [-0.1, -0.05) is 66.2 Å². The molecule has 27 heavy (non-hydrogen) atoms. The number of carbonyl (C=O) groups is 2. The summed E-state index contributed by atoms with van der Waals surface area (Å²) in [7, 11) is 0. The molecule has 0 saturated carbocycles. The third-order valence-electron chi connectivity index (χ3n) is 4.29. The average Bonchev–Trinajstić information content (AvgIpc) is 2.69. The lowest BCUT2D eigenvalue weighted by atomic mass is 10.1. The highest BCUT2D eigenvalue weighted by atomic mass is 16.1. The van der Waals surface area contributed by atoms with Crippen LogP contribution in [0.15, 0.2) is 84.0 Å². The van der Waals surface area contributed by atoms with E-state index in [-0.39, 0.29) is 24.5 Å². The molecule has 0 saturated heterocycles. The van der Waals surface area contributed by atoms with Crippen LogP contribution in [0.5, 0.6) is 0 Å². The van der Waals surface area contributed by atoms with Gasteiger partial charge in [-0.15, -0.1) is 0 Å². The van der Waals surface area contributed by atoms with Crippen molar-refractivity contribution in [1.29, 1.82) is 0 Å². The van der Waals surface area contributed by atoms with Crippen LogP contribution in [0.1, 0.15) is 34.3 Å². The van der Waals surface area contributed by atoms with Crippen molar-refractivity contribution in [2.24, 2.45) is 4.99 Å². The summed E-state index contributed by atoms with van der Waals surface area (Å²) in [6.45, 7) is 2.61. The number of Topliss-reactive ketones (excluding diaryl/α,β-unsaturated/α-hetero) is 1. The van der Waals surface area contributed by atoms with Crippen molar-refractivity contribution >= 4 is 11.7 Å². The van der Waals surface area contributed by atoms with Crippen molar-refractivity contribution in [3.63, 3.8) is 0 Å². The number of aryl methyl sites for hydroxylation is 1. The molecule has 3 rings (SSSR count). The quantitative estimate of drug-likeness (QED) is 0.627. The van der Waals surface area contributed by atoms with Gasteiger partial charge >= 0.3 is 0 Å². The first-order valence-electron chi connectivity index (χ1n) is 8.98.